The first-order chi connectivity index (χ1) is 13.0. The van der Waals surface area contributed by atoms with Crippen LogP contribution in [0.5, 0.6) is 0 Å². The van der Waals surface area contributed by atoms with Gasteiger partial charge in [0.2, 0.25) is 0 Å². The fourth-order valence-corrected chi connectivity index (χ4v) is 4.01. The molecule has 0 unspecified atom stereocenters. The van der Waals surface area contributed by atoms with Crippen LogP contribution in [0.3, 0.4) is 0 Å². The molecular formula is C23H24F2N2. The van der Waals surface area contributed by atoms with E-state index in [1.165, 1.54) is 35.0 Å². The van der Waals surface area contributed by atoms with Crippen molar-refractivity contribution in [3.05, 3.63) is 94.3 Å². The summed E-state index contributed by atoms with van der Waals surface area (Å²) < 4.78 is 30.9. The smallest absolute Gasteiger partial charge is 0.130 e. The van der Waals surface area contributed by atoms with Crippen LogP contribution in [0.4, 0.5) is 8.78 Å². The number of rotatable bonds is 3. The molecule has 0 radical (unpaired) electrons. The van der Waals surface area contributed by atoms with Gasteiger partial charge in [-0.1, -0.05) is 24.3 Å². The highest BCUT2D eigenvalue weighted by Gasteiger charge is 2.29. The lowest BCUT2D eigenvalue weighted by molar-refractivity contribution is 0.214. The molecular weight excluding hydrogens is 342 g/mol. The predicted molar refractivity (Wildman–Crippen MR) is 104 cm³/mol. The number of aryl methyl sites for hydroxylation is 3. The zero-order valence-corrected chi connectivity index (χ0v) is 15.8. The Kier molecular flexibility index (Phi) is 4.83. The number of hydrogen-bond donors (Lipinski definition) is 0. The van der Waals surface area contributed by atoms with Gasteiger partial charge < -0.3 is 4.57 Å². The number of fused-ring (bicyclic) bond motifs is 1. The quantitative estimate of drug-likeness (QED) is 0.604. The maximum atomic E-state index is 14.3. The van der Waals surface area contributed by atoms with Crippen LogP contribution in [-0.2, 0) is 13.1 Å². The maximum absolute atomic E-state index is 14.3. The Morgan fingerprint density at radius 2 is 1.70 bits per heavy atom. The fourth-order valence-electron chi connectivity index (χ4n) is 4.01. The van der Waals surface area contributed by atoms with Gasteiger partial charge in [0, 0.05) is 37.1 Å². The molecule has 3 aromatic rings. The summed E-state index contributed by atoms with van der Waals surface area (Å²) in [5.74, 6) is -0.957. The number of nitrogens with zero attached hydrogens (tertiary/aromatic N) is 2. The lowest BCUT2D eigenvalue weighted by atomic mass is 9.97. The van der Waals surface area contributed by atoms with Crippen LogP contribution in [0.15, 0.2) is 54.7 Å². The third-order valence-corrected chi connectivity index (χ3v) is 5.62. The SMILES string of the molecule is Cc1ccc([C@H]2c3cccn3CCCN2Cc2c(F)cccc2F)cc1C. The maximum Gasteiger partial charge on any atom is 0.130 e. The van der Waals surface area contributed by atoms with Gasteiger partial charge in [-0.2, -0.15) is 0 Å². The molecule has 0 saturated heterocycles. The molecule has 2 nitrogen and oxygen atoms in total. The Hall–Kier alpha value is -2.46. The van der Waals surface area contributed by atoms with Crippen molar-refractivity contribution in [2.24, 2.45) is 0 Å². The van der Waals surface area contributed by atoms with Crippen LogP contribution in [0.1, 0.15) is 40.4 Å². The van der Waals surface area contributed by atoms with Gasteiger partial charge in [0.25, 0.3) is 0 Å². The summed E-state index contributed by atoms with van der Waals surface area (Å²) in [6.07, 6.45) is 3.04. The van der Waals surface area contributed by atoms with E-state index in [1.54, 1.807) is 0 Å². The van der Waals surface area contributed by atoms with Gasteiger partial charge in [0.15, 0.2) is 0 Å². The van der Waals surface area contributed by atoms with Crippen molar-refractivity contribution < 1.29 is 8.78 Å². The minimum atomic E-state index is -0.478. The summed E-state index contributed by atoms with van der Waals surface area (Å²) in [5, 5.41) is 0. The van der Waals surface area contributed by atoms with Gasteiger partial charge in [-0.05, 0) is 61.2 Å². The van der Waals surface area contributed by atoms with Crippen LogP contribution in [-0.4, -0.2) is 16.0 Å². The first kappa shape index (κ1) is 17.9. The van der Waals surface area contributed by atoms with Crippen molar-refractivity contribution in [1.82, 2.24) is 9.47 Å². The van der Waals surface area contributed by atoms with Crippen molar-refractivity contribution >= 4 is 0 Å². The van der Waals surface area contributed by atoms with Crippen molar-refractivity contribution in [2.45, 2.75) is 39.4 Å². The standard InChI is InChI=1S/C23H24F2N2/c1-16-9-10-18(14-17(16)2)23-22-8-4-11-26(22)12-5-13-27(23)15-19-20(24)6-3-7-21(19)25/h3-4,6-11,14,23H,5,12-13,15H2,1-2H3/t23-/m0/s1. The Morgan fingerprint density at radius 3 is 2.44 bits per heavy atom. The van der Waals surface area contributed by atoms with E-state index in [9.17, 15) is 8.78 Å². The molecule has 1 aromatic heterocycles. The lowest BCUT2D eigenvalue weighted by Gasteiger charge is -2.31. The minimum Gasteiger partial charge on any atom is -0.350 e. The number of benzene rings is 2. The monoisotopic (exact) mass is 366 g/mol. The van der Waals surface area contributed by atoms with Gasteiger partial charge in [-0.3, -0.25) is 4.90 Å². The van der Waals surface area contributed by atoms with Crippen molar-refractivity contribution in [3.63, 3.8) is 0 Å². The highest BCUT2D eigenvalue weighted by molar-refractivity contribution is 5.36. The average Bonchev–Trinajstić information content (AvgIpc) is 3.02. The zero-order valence-electron chi connectivity index (χ0n) is 15.8. The van der Waals surface area contributed by atoms with Gasteiger partial charge in [0.05, 0.1) is 6.04 Å². The summed E-state index contributed by atoms with van der Waals surface area (Å²) in [4.78, 5) is 2.20. The minimum absolute atomic E-state index is 0.0270. The van der Waals surface area contributed by atoms with E-state index in [0.717, 1.165) is 25.1 Å². The van der Waals surface area contributed by atoms with Gasteiger partial charge in [-0.25, -0.2) is 8.78 Å². The molecule has 0 bridgehead atoms. The summed E-state index contributed by atoms with van der Waals surface area (Å²) in [6, 6.07) is 14.7. The summed E-state index contributed by atoms with van der Waals surface area (Å²) in [6.45, 7) is 6.16. The lowest BCUT2D eigenvalue weighted by Crippen LogP contribution is -2.30. The van der Waals surface area contributed by atoms with E-state index in [2.05, 4.69) is 59.8 Å². The van der Waals surface area contributed by atoms with Crippen LogP contribution in [0.25, 0.3) is 0 Å². The van der Waals surface area contributed by atoms with E-state index in [-0.39, 0.29) is 18.2 Å². The van der Waals surface area contributed by atoms with E-state index < -0.39 is 11.6 Å². The van der Waals surface area contributed by atoms with E-state index in [1.807, 2.05) is 0 Å². The molecule has 2 aromatic carbocycles. The summed E-state index contributed by atoms with van der Waals surface area (Å²) >= 11 is 0. The molecule has 0 aliphatic carbocycles. The molecule has 0 saturated carbocycles. The summed E-state index contributed by atoms with van der Waals surface area (Å²) in [5.41, 5.74) is 4.96. The van der Waals surface area contributed by atoms with Gasteiger partial charge in [0.1, 0.15) is 11.6 Å². The molecule has 0 spiro atoms. The van der Waals surface area contributed by atoms with Crippen molar-refractivity contribution in [2.75, 3.05) is 6.54 Å². The van der Waals surface area contributed by atoms with Crippen LogP contribution in [0, 0.1) is 25.5 Å². The number of aromatic nitrogens is 1. The van der Waals surface area contributed by atoms with Crippen LogP contribution < -0.4 is 0 Å². The molecule has 140 valence electrons. The third kappa shape index (κ3) is 3.42. The predicted octanol–water partition coefficient (Wildman–Crippen LogP) is 5.38. The van der Waals surface area contributed by atoms with E-state index in [0.29, 0.717) is 0 Å². The first-order valence-corrected chi connectivity index (χ1v) is 9.43. The van der Waals surface area contributed by atoms with Crippen LogP contribution >= 0.6 is 0 Å². The molecule has 4 rings (SSSR count). The number of hydrogen-bond acceptors (Lipinski definition) is 1. The Balaban J connectivity index is 1.79. The highest BCUT2D eigenvalue weighted by Crippen LogP contribution is 2.34. The average molecular weight is 366 g/mol. The normalized spacial score (nSPS) is 17.6. The molecule has 1 aliphatic rings. The van der Waals surface area contributed by atoms with Crippen molar-refractivity contribution in [1.29, 1.82) is 0 Å². The van der Waals surface area contributed by atoms with Gasteiger partial charge in [-0.15, -0.1) is 0 Å². The van der Waals surface area contributed by atoms with Crippen LogP contribution in [0.2, 0.25) is 0 Å². The molecule has 0 fully saturated rings. The molecule has 2 heterocycles. The number of halogens is 2. The van der Waals surface area contributed by atoms with Gasteiger partial charge >= 0.3 is 0 Å². The molecule has 4 heteroatoms. The zero-order chi connectivity index (χ0) is 19.0. The first-order valence-electron chi connectivity index (χ1n) is 9.43. The topological polar surface area (TPSA) is 8.17 Å². The summed E-state index contributed by atoms with van der Waals surface area (Å²) in [7, 11) is 0. The Labute approximate surface area is 159 Å². The van der Waals surface area contributed by atoms with E-state index >= 15 is 0 Å². The molecule has 1 aliphatic heterocycles. The van der Waals surface area contributed by atoms with E-state index in [4.69, 9.17) is 0 Å². The molecule has 0 N–H and O–H groups in total. The molecule has 0 amide bonds. The largest absolute Gasteiger partial charge is 0.350 e. The second-order valence-corrected chi connectivity index (χ2v) is 7.40. The molecule has 27 heavy (non-hydrogen) atoms. The highest BCUT2D eigenvalue weighted by atomic mass is 19.1. The third-order valence-electron chi connectivity index (χ3n) is 5.62. The molecule has 1 atom stereocenters. The Morgan fingerprint density at radius 1 is 0.926 bits per heavy atom. The van der Waals surface area contributed by atoms with Crippen molar-refractivity contribution in [3.8, 4) is 0 Å². The Bertz CT molecular complexity index is 941. The fraction of sp³-hybridized carbons (Fsp3) is 0.304. The second kappa shape index (κ2) is 7.28. The second-order valence-electron chi connectivity index (χ2n) is 7.40.